The van der Waals surface area contributed by atoms with Crippen molar-refractivity contribution in [2.75, 3.05) is 5.33 Å². The second-order valence-corrected chi connectivity index (χ2v) is 5.44. The third-order valence-electron chi connectivity index (χ3n) is 3.70. The summed E-state index contributed by atoms with van der Waals surface area (Å²) in [5.41, 5.74) is 0.0975. The largest absolute Gasteiger partial charge is 0.350 e. The zero-order valence-electron chi connectivity index (χ0n) is 8.68. The van der Waals surface area contributed by atoms with Crippen LogP contribution in [0.5, 0.6) is 0 Å². The Morgan fingerprint density at radius 2 is 2.21 bits per heavy atom. The van der Waals surface area contributed by atoms with Crippen molar-refractivity contribution in [3.63, 3.8) is 0 Å². The van der Waals surface area contributed by atoms with Gasteiger partial charge in [-0.1, -0.05) is 22.9 Å². The minimum Gasteiger partial charge on any atom is -0.350 e. The minimum atomic E-state index is 0.0975. The van der Waals surface area contributed by atoms with Crippen LogP contribution in [0.25, 0.3) is 0 Å². The van der Waals surface area contributed by atoms with Crippen LogP contribution in [0.3, 0.4) is 0 Å². The van der Waals surface area contributed by atoms with Crippen LogP contribution in [0, 0.1) is 11.8 Å². The van der Waals surface area contributed by atoms with Crippen molar-refractivity contribution in [3.05, 3.63) is 0 Å². The summed E-state index contributed by atoms with van der Waals surface area (Å²) < 4.78 is 0. The number of rotatable bonds is 4. The molecule has 14 heavy (non-hydrogen) atoms. The molecule has 0 aromatic rings. The molecule has 1 unspecified atom stereocenters. The molecule has 1 N–H and O–H groups in total. The smallest absolute Gasteiger partial charge is 0.223 e. The lowest BCUT2D eigenvalue weighted by atomic mass is 9.78. The van der Waals surface area contributed by atoms with Gasteiger partial charge in [0.1, 0.15) is 0 Å². The van der Waals surface area contributed by atoms with Crippen molar-refractivity contribution >= 4 is 21.8 Å². The van der Waals surface area contributed by atoms with E-state index in [1.807, 2.05) is 0 Å². The highest BCUT2D eigenvalue weighted by molar-refractivity contribution is 9.09. The average Bonchev–Trinajstić information content (AvgIpc) is 2.92. The summed E-state index contributed by atoms with van der Waals surface area (Å²) in [7, 11) is 0. The fourth-order valence-corrected chi connectivity index (χ4v) is 2.78. The molecule has 0 heterocycles. The van der Waals surface area contributed by atoms with Gasteiger partial charge in [-0.3, -0.25) is 4.79 Å². The molecule has 2 aliphatic carbocycles. The van der Waals surface area contributed by atoms with Gasteiger partial charge >= 0.3 is 0 Å². The summed E-state index contributed by atoms with van der Waals surface area (Å²) in [5.74, 6) is 1.17. The first-order chi connectivity index (χ1) is 6.67. The number of carbonyl (C=O) groups is 1. The van der Waals surface area contributed by atoms with E-state index >= 15 is 0 Å². The number of amides is 1. The Morgan fingerprint density at radius 1 is 1.57 bits per heavy atom. The summed E-state index contributed by atoms with van der Waals surface area (Å²) in [6, 6.07) is 0. The van der Waals surface area contributed by atoms with Gasteiger partial charge in [0, 0.05) is 16.8 Å². The molecule has 0 aromatic heterocycles. The molecule has 2 nitrogen and oxygen atoms in total. The molecule has 0 bridgehead atoms. The number of nitrogens with one attached hydrogen (secondary N) is 1. The van der Waals surface area contributed by atoms with Crippen LogP contribution in [0.4, 0.5) is 0 Å². The number of hydrogen-bond donors (Lipinski definition) is 1. The van der Waals surface area contributed by atoms with E-state index < -0.39 is 0 Å². The monoisotopic (exact) mass is 259 g/mol. The summed E-state index contributed by atoms with van der Waals surface area (Å²) in [5, 5.41) is 4.12. The zero-order chi connectivity index (χ0) is 10.2. The summed E-state index contributed by atoms with van der Waals surface area (Å²) in [4.78, 5) is 11.9. The lowest BCUT2D eigenvalue weighted by molar-refractivity contribution is -0.127. The lowest BCUT2D eigenvalue weighted by Crippen LogP contribution is -2.56. The predicted octanol–water partition coefficient (Wildman–Crippen LogP) is 2.47. The van der Waals surface area contributed by atoms with Crippen molar-refractivity contribution < 1.29 is 4.79 Å². The zero-order valence-corrected chi connectivity index (χ0v) is 10.3. The quantitative estimate of drug-likeness (QED) is 0.773. The van der Waals surface area contributed by atoms with E-state index in [9.17, 15) is 4.79 Å². The third kappa shape index (κ3) is 1.97. The molecular weight excluding hydrogens is 242 g/mol. The molecule has 0 radical (unpaired) electrons. The van der Waals surface area contributed by atoms with E-state index in [-0.39, 0.29) is 17.4 Å². The molecule has 2 fully saturated rings. The van der Waals surface area contributed by atoms with Gasteiger partial charge in [-0.15, -0.1) is 0 Å². The normalized spacial score (nSPS) is 26.4. The molecule has 80 valence electrons. The Labute approximate surface area is 94.0 Å². The molecule has 1 amide bonds. The van der Waals surface area contributed by atoms with Crippen molar-refractivity contribution in [1.82, 2.24) is 5.32 Å². The van der Waals surface area contributed by atoms with Crippen LogP contribution < -0.4 is 5.32 Å². The van der Waals surface area contributed by atoms with Crippen molar-refractivity contribution in [1.29, 1.82) is 0 Å². The SMILES string of the molecule is CC(C(=O)NC1(CBr)CCC1)C1CC1. The van der Waals surface area contributed by atoms with Gasteiger partial charge in [-0.05, 0) is 38.0 Å². The molecule has 2 rings (SSSR count). The van der Waals surface area contributed by atoms with Gasteiger partial charge in [0.05, 0.1) is 0 Å². The Kier molecular flexibility index (Phi) is 2.87. The van der Waals surface area contributed by atoms with Gasteiger partial charge in [0.2, 0.25) is 5.91 Å². The van der Waals surface area contributed by atoms with Gasteiger partial charge in [-0.2, -0.15) is 0 Å². The van der Waals surface area contributed by atoms with E-state index in [0.29, 0.717) is 5.92 Å². The van der Waals surface area contributed by atoms with Gasteiger partial charge in [-0.25, -0.2) is 0 Å². The molecule has 1 atom stereocenters. The highest BCUT2D eigenvalue weighted by Crippen LogP contribution is 2.38. The highest BCUT2D eigenvalue weighted by atomic mass is 79.9. The summed E-state index contributed by atoms with van der Waals surface area (Å²) >= 11 is 3.50. The van der Waals surface area contributed by atoms with Crippen LogP contribution in [-0.4, -0.2) is 16.8 Å². The number of alkyl halides is 1. The highest BCUT2D eigenvalue weighted by Gasteiger charge is 2.40. The molecule has 0 spiro atoms. The van der Waals surface area contributed by atoms with E-state index in [1.54, 1.807) is 0 Å². The number of hydrogen-bond acceptors (Lipinski definition) is 1. The van der Waals surface area contributed by atoms with Gasteiger partial charge in [0.25, 0.3) is 0 Å². The van der Waals surface area contributed by atoms with Crippen LogP contribution in [0.2, 0.25) is 0 Å². The van der Waals surface area contributed by atoms with Crippen molar-refractivity contribution in [2.24, 2.45) is 11.8 Å². The van der Waals surface area contributed by atoms with Gasteiger partial charge < -0.3 is 5.32 Å². The first-order valence-corrected chi connectivity index (χ1v) is 6.67. The average molecular weight is 260 g/mol. The van der Waals surface area contributed by atoms with Crippen LogP contribution in [-0.2, 0) is 4.79 Å². The number of carbonyl (C=O) groups excluding carboxylic acids is 1. The second kappa shape index (κ2) is 3.84. The van der Waals surface area contributed by atoms with Crippen LogP contribution >= 0.6 is 15.9 Å². The van der Waals surface area contributed by atoms with Gasteiger partial charge in [0.15, 0.2) is 0 Å². The van der Waals surface area contributed by atoms with Crippen LogP contribution in [0.1, 0.15) is 39.0 Å². The molecule has 2 saturated carbocycles. The topological polar surface area (TPSA) is 29.1 Å². The molecular formula is C11H18BrNO. The Bertz CT molecular complexity index is 228. The van der Waals surface area contributed by atoms with Crippen LogP contribution in [0.15, 0.2) is 0 Å². The summed E-state index contributed by atoms with van der Waals surface area (Å²) in [6.45, 7) is 2.06. The first kappa shape index (κ1) is 10.5. The van der Waals surface area contributed by atoms with Crippen molar-refractivity contribution in [2.45, 2.75) is 44.6 Å². The third-order valence-corrected chi connectivity index (χ3v) is 4.77. The Morgan fingerprint density at radius 3 is 2.57 bits per heavy atom. The predicted molar refractivity (Wildman–Crippen MR) is 60.4 cm³/mol. The fraction of sp³-hybridized carbons (Fsp3) is 0.909. The van der Waals surface area contributed by atoms with E-state index in [4.69, 9.17) is 0 Å². The molecule has 0 aliphatic heterocycles. The van der Waals surface area contributed by atoms with E-state index in [0.717, 1.165) is 18.2 Å². The van der Waals surface area contributed by atoms with E-state index in [2.05, 4.69) is 28.2 Å². The first-order valence-electron chi connectivity index (χ1n) is 5.55. The molecule has 2 aliphatic rings. The maximum absolute atomic E-state index is 11.9. The molecule has 0 saturated heterocycles. The standard InChI is InChI=1S/C11H18BrNO/c1-8(9-3-4-9)10(14)13-11(7-12)5-2-6-11/h8-9H,2-7H2,1H3,(H,13,14). The maximum atomic E-state index is 11.9. The minimum absolute atomic E-state index is 0.0975. The fourth-order valence-electron chi connectivity index (χ4n) is 2.08. The van der Waals surface area contributed by atoms with Crippen molar-refractivity contribution in [3.8, 4) is 0 Å². The second-order valence-electron chi connectivity index (χ2n) is 4.88. The Hall–Kier alpha value is -0.0500. The summed E-state index contributed by atoms with van der Waals surface area (Å²) in [6.07, 6.45) is 6.03. The molecule has 0 aromatic carbocycles. The maximum Gasteiger partial charge on any atom is 0.223 e. The Balaban J connectivity index is 1.86. The molecule has 3 heteroatoms. The van der Waals surface area contributed by atoms with E-state index in [1.165, 1.54) is 19.3 Å². The number of halogens is 1. The lowest BCUT2D eigenvalue weighted by Gasteiger charge is -2.41.